The van der Waals surface area contributed by atoms with Crippen LogP contribution in [0.15, 0.2) is 54.7 Å². The fraction of sp³-hybridized carbons (Fsp3) is 0.211. The molecule has 0 aliphatic carbocycles. The maximum Gasteiger partial charge on any atom is 0.231 e. The molecular weight excluding hydrogens is 290 g/mol. The van der Waals surface area contributed by atoms with Crippen molar-refractivity contribution in [2.75, 3.05) is 13.3 Å². The van der Waals surface area contributed by atoms with E-state index >= 15 is 0 Å². The predicted octanol–water partition coefficient (Wildman–Crippen LogP) is 3.17. The summed E-state index contributed by atoms with van der Waals surface area (Å²) in [7, 11) is 0. The highest BCUT2D eigenvalue weighted by Crippen LogP contribution is 2.32. The maximum absolute atomic E-state index is 12.3. The lowest BCUT2D eigenvalue weighted by atomic mass is 10.0. The Balaban J connectivity index is 1.46. The number of benzene rings is 2. The number of ether oxygens (including phenoxy) is 2. The molecule has 0 N–H and O–H groups in total. The lowest BCUT2D eigenvalue weighted by Crippen LogP contribution is -2.25. The van der Waals surface area contributed by atoms with Gasteiger partial charge in [0.05, 0.1) is 0 Å². The van der Waals surface area contributed by atoms with Crippen LogP contribution in [0.3, 0.4) is 0 Å². The number of rotatable bonds is 3. The smallest absolute Gasteiger partial charge is 0.231 e. The van der Waals surface area contributed by atoms with Crippen LogP contribution in [0.2, 0.25) is 0 Å². The first-order chi connectivity index (χ1) is 11.3. The van der Waals surface area contributed by atoms with Crippen LogP contribution in [0, 0.1) is 0 Å². The van der Waals surface area contributed by atoms with Crippen molar-refractivity contribution in [3.05, 3.63) is 71.4 Å². The topological polar surface area (TPSA) is 38.8 Å². The summed E-state index contributed by atoms with van der Waals surface area (Å²) in [6.07, 6.45) is 4.53. The minimum absolute atomic E-state index is 0.0258. The first-order valence-electron chi connectivity index (χ1n) is 7.72. The summed E-state index contributed by atoms with van der Waals surface area (Å²) in [6.45, 7) is 2.00. The average molecular weight is 307 g/mol. The molecule has 0 unspecified atom stereocenters. The number of carbonyl (C=O) groups is 1. The fourth-order valence-corrected chi connectivity index (χ4v) is 2.96. The van der Waals surface area contributed by atoms with Gasteiger partial charge in [0.1, 0.15) is 0 Å². The summed E-state index contributed by atoms with van der Waals surface area (Å²) >= 11 is 0. The second-order valence-electron chi connectivity index (χ2n) is 5.74. The van der Waals surface area contributed by atoms with E-state index in [1.54, 1.807) is 24.3 Å². The number of fused-ring (bicyclic) bond motifs is 2. The van der Waals surface area contributed by atoms with Crippen molar-refractivity contribution in [2.45, 2.75) is 13.0 Å². The van der Waals surface area contributed by atoms with Gasteiger partial charge in [0.2, 0.25) is 6.79 Å². The van der Waals surface area contributed by atoms with Gasteiger partial charge in [-0.1, -0.05) is 24.3 Å². The van der Waals surface area contributed by atoms with Gasteiger partial charge in [0.25, 0.3) is 0 Å². The lowest BCUT2D eigenvalue weighted by molar-refractivity contribution is 0.104. The van der Waals surface area contributed by atoms with Gasteiger partial charge in [0.15, 0.2) is 17.3 Å². The van der Waals surface area contributed by atoms with Crippen LogP contribution >= 0.6 is 0 Å². The van der Waals surface area contributed by atoms with E-state index in [4.69, 9.17) is 9.47 Å². The van der Waals surface area contributed by atoms with Crippen LogP contribution in [-0.2, 0) is 13.0 Å². The van der Waals surface area contributed by atoms with E-state index in [-0.39, 0.29) is 12.6 Å². The van der Waals surface area contributed by atoms with Crippen molar-refractivity contribution in [1.82, 2.24) is 4.90 Å². The number of allylic oxidation sites excluding steroid dienone is 1. The third-order valence-electron chi connectivity index (χ3n) is 4.25. The predicted molar refractivity (Wildman–Crippen MR) is 86.6 cm³/mol. The highest BCUT2D eigenvalue weighted by Gasteiger charge is 2.16. The Labute approximate surface area is 134 Å². The molecule has 2 aromatic carbocycles. The van der Waals surface area contributed by atoms with E-state index in [9.17, 15) is 4.79 Å². The van der Waals surface area contributed by atoms with Crippen LogP contribution in [0.1, 0.15) is 21.5 Å². The zero-order chi connectivity index (χ0) is 15.6. The average Bonchev–Trinajstić information content (AvgIpc) is 3.07. The summed E-state index contributed by atoms with van der Waals surface area (Å²) < 4.78 is 10.6. The molecule has 0 spiro atoms. The molecule has 2 aromatic rings. The summed E-state index contributed by atoms with van der Waals surface area (Å²) in [6, 6.07) is 13.7. The molecule has 2 aliphatic heterocycles. The van der Waals surface area contributed by atoms with Crippen LogP contribution in [-0.4, -0.2) is 24.0 Å². The largest absolute Gasteiger partial charge is 0.454 e. The standard InChI is InChI=1S/C19H17NO3/c21-17(15-5-6-18-19(11-15)23-13-22-18)8-10-20-9-7-14-3-1-2-4-16(14)12-20/h1-6,8,10-11H,7,9,12-13H2. The fourth-order valence-electron chi connectivity index (χ4n) is 2.96. The molecule has 4 heteroatoms. The molecule has 0 fully saturated rings. The summed E-state index contributed by atoms with van der Waals surface area (Å²) in [5.74, 6) is 1.30. The number of carbonyl (C=O) groups excluding carboxylic acids is 1. The van der Waals surface area contributed by atoms with E-state index in [0.29, 0.717) is 17.1 Å². The molecule has 4 nitrogen and oxygen atoms in total. The van der Waals surface area contributed by atoms with Crippen LogP contribution in [0.5, 0.6) is 11.5 Å². The highest BCUT2D eigenvalue weighted by atomic mass is 16.7. The molecule has 23 heavy (non-hydrogen) atoms. The van der Waals surface area contributed by atoms with Gasteiger partial charge in [-0.3, -0.25) is 4.79 Å². The summed E-state index contributed by atoms with van der Waals surface area (Å²) in [5, 5.41) is 0. The number of hydrogen-bond acceptors (Lipinski definition) is 4. The SMILES string of the molecule is O=C(C=CN1CCc2ccccc2C1)c1ccc2c(c1)OCO2. The van der Waals surface area contributed by atoms with Crippen molar-refractivity contribution in [1.29, 1.82) is 0 Å². The van der Waals surface area contributed by atoms with E-state index in [1.165, 1.54) is 11.1 Å². The highest BCUT2D eigenvalue weighted by molar-refractivity contribution is 6.04. The van der Waals surface area contributed by atoms with Gasteiger partial charge in [-0.2, -0.15) is 0 Å². The van der Waals surface area contributed by atoms with Crippen molar-refractivity contribution in [3.63, 3.8) is 0 Å². The molecule has 116 valence electrons. The second-order valence-corrected chi connectivity index (χ2v) is 5.74. The van der Waals surface area contributed by atoms with Crippen molar-refractivity contribution >= 4 is 5.78 Å². The molecule has 2 heterocycles. The van der Waals surface area contributed by atoms with Gasteiger partial charge in [-0.05, 0) is 35.7 Å². The zero-order valence-corrected chi connectivity index (χ0v) is 12.7. The molecule has 2 aliphatic rings. The third kappa shape index (κ3) is 2.80. The third-order valence-corrected chi connectivity index (χ3v) is 4.25. The lowest BCUT2D eigenvalue weighted by Gasteiger charge is -2.27. The number of hydrogen-bond donors (Lipinski definition) is 0. The molecular formula is C19H17NO3. The van der Waals surface area contributed by atoms with Crippen molar-refractivity contribution in [3.8, 4) is 11.5 Å². The van der Waals surface area contributed by atoms with Crippen molar-refractivity contribution in [2.24, 2.45) is 0 Å². The molecule has 0 amide bonds. The minimum Gasteiger partial charge on any atom is -0.454 e. The van der Waals surface area contributed by atoms with Crippen LogP contribution in [0.25, 0.3) is 0 Å². The maximum atomic E-state index is 12.3. The number of nitrogens with zero attached hydrogens (tertiary/aromatic N) is 1. The van der Waals surface area contributed by atoms with Crippen LogP contribution in [0.4, 0.5) is 0 Å². The van der Waals surface area contributed by atoms with Gasteiger partial charge in [0, 0.05) is 30.9 Å². The van der Waals surface area contributed by atoms with Gasteiger partial charge < -0.3 is 14.4 Å². The molecule has 0 bridgehead atoms. The summed E-state index contributed by atoms with van der Waals surface area (Å²) in [5.41, 5.74) is 3.35. The molecule has 0 aromatic heterocycles. The Morgan fingerprint density at radius 2 is 1.87 bits per heavy atom. The first-order valence-corrected chi connectivity index (χ1v) is 7.72. The van der Waals surface area contributed by atoms with E-state index in [1.807, 2.05) is 6.20 Å². The molecule has 0 atom stereocenters. The molecule has 0 saturated carbocycles. The van der Waals surface area contributed by atoms with Crippen molar-refractivity contribution < 1.29 is 14.3 Å². The normalized spacial score (nSPS) is 15.7. The molecule has 4 rings (SSSR count). The summed E-state index contributed by atoms with van der Waals surface area (Å²) in [4.78, 5) is 14.5. The molecule has 0 saturated heterocycles. The Bertz CT molecular complexity index is 782. The van der Waals surface area contributed by atoms with E-state index in [0.717, 1.165) is 19.5 Å². The Hall–Kier alpha value is -2.75. The Morgan fingerprint density at radius 1 is 1.04 bits per heavy atom. The molecule has 0 radical (unpaired) electrons. The monoisotopic (exact) mass is 307 g/mol. The number of ketones is 1. The van der Waals surface area contributed by atoms with E-state index in [2.05, 4.69) is 29.2 Å². The zero-order valence-electron chi connectivity index (χ0n) is 12.7. The van der Waals surface area contributed by atoms with E-state index < -0.39 is 0 Å². The van der Waals surface area contributed by atoms with Gasteiger partial charge in [-0.25, -0.2) is 0 Å². The quantitative estimate of drug-likeness (QED) is 0.645. The van der Waals surface area contributed by atoms with Crippen LogP contribution < -0.4 is 9.47 Å². The Kier molecular flexibility index (Phi) is 3.50. The van der Waals surface area contributed by atoms with Gasteiger partial charge >= 0.3 is 0 Å². The first kappa shape index (κ1) is 13.9. The van der Waals surface area contributed by atoms with Gasteiger partial charge in [-0.15, -0.1) is 0 Å². The Morgan fingerprint density at radius 3 is 2.78 bits per heavy atom. The minimum atomic E-state index is -0.0258. The second kappa shape index (κ2) is 5.80.